The lowest BCUT2D eigenvalue weighted by Crippen LogP contribution is -2.59. The summed E-state index contributed by atoms with van der Waals surface area (Å²) >= 11 is 0. The van der Waals surface area contributed by atoms with E-state index in [0.717, 1.165) is 5.57 Å². The maximum Gasteiger partial charge on any atom is 0.223 e. The predicted molar refractivity (Wildman–Crippen MR) is 36.0 cm³/mol. The molecule has 0 radical (unpaired) electrons. The van der Waals surface area contributed by atoms with Gasteiger partial charge in [-0.3, -0.25) is 4.79 Å². The molecule has 1 amide bonds. The quantitative estimate of drug-likeness (QED) is 0.408. The van der Waals surface area contributed by atoms with Gasteiger partial charge in [0.05, 0.1) is 12.0 Å². The Morgan fingerprint density at radius 3 is 2.44 bits per heavy atom. The molecule has 1 saturated heterocycles. The monoisotopic (exact) mass is 125 g/mol. The highest BCUT2D eigenvalue weighted by Gasteiger charge is 2.38. The van der Waals surface area contributed by atoms with Crippen molar-refractivity contribution in [1.82, 2.24) is 5.32 Å². The van der Waals surface area contributed by atoms with Gasteiger partial charge in [0, 0.05) is 0 Å². The average Bonchev–Trinajstić information content (AvgIpc) is 1.62. The first-order valence-corrected chi connectivity index (χ1v) is 3.01. The number of hydrogen-bond acceptors (Lipinski definition) is 1. The third kappa shape index (κ3) is 0.846. The van der Waals surface area contributed by atoms with Crippen LogP contribution >= 0.6 is 0 Å². The van der Waals surface area contributed by atoms with Gasteiger partial charge in [-0.15, -0.1) is 0 Å². The molecule has 0 aliphatic carbocycles. The zero-order valence-electron chi connectivity index (χ0n) is 5.82. The van der Waals surface area contributed by atoms with Crippen LogP contribution in [0.1, 0.15) is 20.3 Å². The van der Waals surface area contributed by atoms with Crippen molar-refractivity contribution in [2.45, 2.75) is 25.8 Å². The second kappa shape index (κ2) is 1.59. The molecule has 0 aromatic rings. The number of hydrogen-bond donors (Lipinski definition) is 1. The lowest BCUT2D eigenvalue weighted by Gasteiger charge is -2.39. The molecule has 0 aromatic heterocycles. The molecule has 2 heteroatoms. The topological polar surface area (TPSA) is 29.1 Å². The van der Waals surface area contributed by atoms with Crippen LogP contribution in [0, 0.1) is 0 Å². The molecule has 0 saturated carbocycles. The molecule has 0 bridgehead atoms. The Labute approximate surface area is 54.9 Å². The Morgan fingerprint density at radius 1 is 1.89 bits per heavy atom. The van der Waals surface area contributed by atoms with Crippen LogP contribution in [-0.2, 0) is 4.79 Å². The van der Waals surface area contributed by atoms with Gasteiger partial charge in [-0.2, -0.15) is 0 Å². The van der Waals surface area contributed by atoms with Crippen LogP contribution in [0.2, 0.25) is 0 Å². The number of amides is 1. The maximum atomic E-state index is 10.5. The molecule has 2 nitrogen and oxygen atoms in total. The first kappa shape index (κ1) is 6.33. The van der Waals surface area contributed by atoms with Gasteiger partial charge in [-0.05, 0) is 13.8 Å². The molecule has 1 fully saturated rings. The van der Waals surface area contributed by atoms with E-state index in [1.807, 2.05) is 13.8 Å². The van der Waals surface area contributed by atoms with Gasteiger partial charge in [0.1, 0.15) is 0 Å². The van der Waals surface area contributed by atoms with Crippen LogP contribution in [0.3, 0.4) is 0 Å². The minimum Gasteiger partial charge on any atom is -0.347 e. The summed E-state index contributed by atoms with van der Waals surface area (Å²) in [6, 6.07) is 0. The molecule has 1 aliphatic rings. The Balaban J connectivity index is 2.60. The van der Waals surface area contributed by atoms with Gasteiger partial charge < -0.3 is 5.32 Å². The Morgan fingerprint density at radius 2 is 2.33 bits per heavy atom. The predicted octanol–water partition coefficient (Wildman–Crippen LogP) is 0.841. The minimum atomic E-state index is -0.100. The van der Waals surface area contributed by atoms with Crippen molar-refractivity contribution in [2.24, 2.45) is 0 Å². The summed E-state index contributed by atoms with van der Waals surface area (Å²) in [5.41, 5.74) is 0.930. The van der Waals surface area contributed by atoms with Gasteiger partial charge in [-0.25, -0.2) is 0 Å². The highest BCUT2D eigenvalue weighted by atomic mass is 16.2. The summed E-state index contributed by atoms with van der Waals surface area (Å²) in [5.74, 6) is 0.125. The van der Waals surface area contributed by atoms with Crippen molar-refractivity contribution in [2.75, 3.05) is 0 Å². The van der Waals surface area contributed by atoms with Crippen molar-refractivity contribution in [3.05, 3.63) is 12.2 Å². The van der Waals surface area contributed by atoms with Gasteiger partial charge in [-0.1, -0.05) is 12.2 Å². The first-order valence-electron chi connectivity index (χ1n) is 3.01. The van der Waals surface area contributed by atoms with Crippen LogP contribution in [0.15, 0.2) is 12.2 Å². The molecule has 0 spiro atoms. The van der Waals surface area contributed by atoms with Crippen LogP contribution in [0.25, 0.3) is 0 Å². The normalized spacial score (nSPS) is 32.9. The summed E-state index contributed by atoms with van der Waals surface area (Å²) in [7, 11) is 0. The van der Waals surface area contributed by atoms with Crippen molar-refractivity contribution in [1.29, 1.82) is 0 Å². The van der Waals surface area contributed by atoms with E-state index < -0.39 is 0 Å². The van der Waals surface area contributed by atoms with Crippen LogP contribution in [-0.4, -0.2) is 11.4 Å². The molecular weight excluding hydrogens is 114 g/mol. The highest BCUT2D eigenvalue weighted by Crippen LogP contribution is 2.25. The summed E-state index contributed by atoms with van der Waals surface area (Å²) in [6.07, 6.45) is 0.600. The summed E-state index contributed by atoms with van der Waals surface area (Å²) in [6.45, 7) is 7.68. The lowest BCUT2D eigenvalue weighted by atomic mass is 9.83. The van der Waals surface area contributed by atoms with Gasteiger partial charge in [0.2, 0.25) is 5.91 Å². The fourth-order valence-corrected chi connectivity index (χ4v) is 0.868. The Bertz CT molecular complexity index is 164. The average molecular weight is 125 g/mol. The second-order valence-corrected chi connectivity index (χ2v) is 2.84. The fourth-order valence-electron chi connectivity index (χ4n) is 0.868. The molecule has 1 N–H and O–H groups in total. The summed E-state index contributed by atoms with van der Waals surface area (Å²) < 4.78 is 0. The van der Waals surface area contributed by atoms with E-state index in [4.69, 9.17) is 0 Å². The third-order valence-corrected chi connectivity index (χ3v) is 1.87. The number of carbonyl (C=O) groups is 1. The fraction of sp³-hybridized carbons (Fsp3) is 0.571. The van der Waals surface area contributed by atoms with E-state index in [1.165, 1.54) is 0 Å². The molecule has 1 atom stereocenters. The number of β-lactam (4-membered cyclic amide) rings is 1. The largest absolute Gasteiger partial charge is 0.347 e. The molecule has 1 aliphatic heterocycles. The van der Waals surface area contributed by atoms with E-state index in [9.17, 15) is 4.79 Å². The number of nitrogens with one attached hydrogen (secondary N) is 1. The molecule has 1 rings (SSSR count). The molecular formula is C7H11NO. The van der Waals surface area contributed by atoms with Crippen molar-refractivity contribution in [3.63, 3.8) is 0 Å². The van der Waals surface area contributed by atoms with Gasteiger partial charge in [0.25, 0.3) is 0 Å². The lowest BCUT2D eigenvalue weighted by molar-refractivity contribution is -0.130. The summed E-state index contributed by atoms with van der Waals surface area (Å²) in [4.78, 5) is 10.5. The van der Waals surface area contributed by atoms with Crippen LogP contribution in [0.4, 0.5) is 0 Å². The van der Waals surface area contributed by atoms with Crippen molar-refractivity contribution >= 4 is 5.91 Å². The van der Waals surface area contributed by atoms with E-state index in [2.05, 4.69) is 11.9 Å². The van der Waals surface area contributed by atoms with E-state index in [-0.39, 0.29) is 11.4 Å². The van der Waals surface area contributed by atoms with Crippen LogP contribution in [0.5, 0.6) is 0 Å². The number of carbonyl (C=O) groups excluding carboxylic acids is 1. The zero-order valence-corrected chi connectivity index (χ0v) is 5.82. The Hall–Kier alpha value is -0.790. The van der Waals surface area contributed by atoms with Crippen LogP contribution < -0.4 is 5.32 Å². The standard InChI is InChI=1S/C7H11NO/c1-5(2)7(3)4-6(9)8-7/h1,4H2,2-3H3,(H,8,9). The van der Waals surface area contributed by atoms with Gasteiger partial charge in [0.15, 0.2) is 0 Å². The van der Waals surface area contributed by atoms with E-state index >= 15 is 0 Å². The maximum absolute atomic E-state index is 10.5. The van der Waals surface area contributed by atoms with Crippen molar-refractivity contribution in [3.8, 4) is 0 Å². The molecule has 0 aromatic carbocycles. The summed E-state index contributed by atoms with van der Waals surface area (Å²) in [5, 5.41) is 2.78. The van der Waals surface area contributed by atoms with E-state index in [1.54, 1.807) is 0 Å². The smallest absolute Gasteiger partial charge is 0.223 e. The van der Waals surface area contributed by atoms with E-state index in [0.29, 0.717) is 6.42 Å². The highest BCUT2D eigenvalue weighted by molar-refractivity contribution is 5.86. The van der Waals surface area contributed by atoms with Gasteiger partial charge >= 0.3 is 0 Å². The first-order chi connectivity index (χ1) is 4.04. The Kier molecular flexibility index (Phi) is 1.12. The molecule has 1 heterocycles. The van der Waals surface area contributed by atoms with Crippen molar-refractivity contribution < 1.29 is 4.79 Å². The minimum absolute atomic E-state index is 0.100. The zero-order chi connectivity index (χ0) is 7.07. The molecule has 1 unspecified atom stereocenters. The number of rotatable bonds is 1. The SMILES string of the molecule is C=C(C)C1(C)CC(=O)N1. The molecule has 9 heavy (non-hydrogen) atoms. The second-order valence-electron chi connectivity index (χ2n) is 2.84. The molecule has 50 valence electrons. The third-order valence-electron chi connectivity index (χ3n) is 1.87.